The topological polar surface area (TPSA) is 105 Å². The summed E-state index contributed by atoms with van der Waals surface area (Å²) in [6.07, 6.45) is 3.85. The van der Waals surface area contributed by atoms with Crippen LogP contribution in [-0.4, -0.2) is 36.0 Å². The first-order valence-corrected chi connectivity index (χ1v) is 10.6. The lowest BCUT2D eigenvalue weighted by atomic mass is 10.1. The number of anilines is 1. The largest absolute Gasteiger partial charge is 0.382 e. The van der Waals surface area contributed by atoms with E-state index in [0.717, 1.165) is 30.5 Å². The van der Waals surface area contributed by atoms with Gasteiger partial charge in [-0.1, -0.05) is 42.5 Å². The molecule has 1 amide bonds. The molecule has 0 fully saturated rings. The molecule has 2 aromatic carbocycles. The average molecular weight is 417 g/mol. The number of nitrogens with one attached hydrogen (secondary N) is 3. The highest BCUT2D eigenvalue weighted by molar-refractivity contribution is 5.96. The van der Waals surface area contributed by atoms with Gasteiger partial charge in [0.05, 0.1) is 11.9 Å². The van der Waals surface area contributed by atoms with Gasteiger partial charge in [0.15, 0.2) is 11.5 Å². The quantitative estimate of drug-likeness (QED) is 0.421. The van der Waals surface area contributed by atoms with Crippen LogP contribution in [0.1, 0.15) is 39.6 Å². The summed E-state index contributed by atoms with van der Waals surface area (Å²) in [5, 5.41) is 9.45. The minimum atomic E-state index is -0.320. The smallest absolute Gasteiger partial charge is 0.273 e. The fourth-order valence-electron chi connectivity index (χ4n) is 3.94. The minimum Gasteiger partial charge on any atom is -0.382 e. The molecule has 0 saturated heterocycles. The maximum Gasteiger partial charge on any atom is 0.273 e. The molecule has 1 aliphatic rings. The SMILES string of the molecule is CNCCNC(=O)c1nc(-c2cccc(CN[C@H]3CCc4ccccc43)c2)cnc1N. The summed E-state index contributed by atoms with van der Waals surface area (Å²) >= 11 is 0. The van der Waals surface area contributed by atoms with Gasteiger partial charge in [-0.3, -0.25) is 4.79 Å². The molecule has 0 aliphatic heterocycles. The molecule has 3 aromatic rings. The molecule has 5 N–H and O–H groups in total. The van der Waals surface area contributed by atoms with Crippen LogP contribution in [-0.2, 0) is 13.0 Å². The van der Waals surface area contributed by atoms with Crippen LogP contribution in [0.2, 0.25) is 0 Å². The number of amides is 1. The molecule has 4 rings (SSSR count). The average Bonchev–Trinajstić information content (AvgIpc) is 3.21. The first-order chi connectivity index (χ1) is 15.2. The summed E-state index contributed by atoms with van der Waals surface area (Å²) in [5.74, 6) is -0.191. The fourth-order valence-corrected chi connectivity index (χ4v) is 3.94. The number of nitrogens with two attached hydrogens (primary N) is 1. The molecule has 1 atom stereocenters. The highest BCUT2D eigenvalue weighted by Crippen LogP contribution is 2.31. The molecular formula is C24H28N6O. The Kier molecular flexibility index (Phi) is 6.54. The van der Waals surface area contributed by atoms with Gasteiger partial charge >= 0.3 is 0 Å². The van der Waals surface area contributed by atoms with Crippen molar-refractivity contribution in [2.45, 2.75) is 25.4 Å². The lowest BCUT2D eigenvalue weighted by Gasteiger charge is -2.15. The second-order valence-electron chi connectivity index (χ2n) is 7.72. The molecule has 160 valence electrons. The van der Waals surface area contributed by atoms with Crippen LogP contribution < -0.4 is 21.7 Å². The number of nitrogens with zero attached hydrogens (tertiary/aromatic N) is 2. The summed E-state index contributed by atoms with van der Waals surface area (Å²) in [4.78, 5) is 21.1. The van der Waals surface area contributed by atoms with Crippen molar-refractivity contribution in [3.63, 3.8) is 0 Å². The first kappa shape index (κ1) is 21.0. The van der Waals surface area contributed by atoms with E-state index in [0.29, 0.717) is 24.8 Å². The third-order valence-electron chi connectivity index (χ3n) is 5.58. The predicted octanol–water partition coefficient (Wildman–Crippen LogP) is 2.45. The fraction of sp³-hybridized carbons (Fsp3) is 0.292. The minimum absolute atomic E-state index is 0.128. The second-order valence-corrected chi connectivity index (χ2v) is 7.72. The van der Waals surface area contributed by atoms with Crippen LogP contribution >= 0.6 is 0 Å². The molecule has 1 aliphatic carbocycles. The van der Waals surface area contributed by atoms with Crippen molar-refractivity contribution in [1.82, 2.24) is 25.9 Å². The van der Waals surface area contributed by atoms with E-state index in [4.69, 9.17) is 5.73 Å². The number of aryl methyl sites for hydroxylation is 1. The number of carbonyl (C=O) groups excluding carboxylic acids is 1. The lowest BCUT2D eigenvalue weighted by molar-refractivity contribution is 0.0950. The zero-order chi connectivity index (χ0) is 21.6. The van der Waals surface area contributed by atoms with E-state index >= 15 is 0 Å². The van der Waals surface area contributed by atoms with Crippen molar-refractivity contribution >= 4 is 11.7 Å². The van der Waals surface area contributed by atoms with E-state index < -0.39 is 0 Å². The van der Waals surface area contributed by atoms with Crippen molar-refractivity contribution < 1.29 is 4.79 Å². The van der Waals surface area contributed by atoms with Gasteiger partial charge in [0, 0.05) is 31.2 Å². The summed E-state index contributed by atoms with van der Waals surface area (Å²) in [7, 11) is 1.83. The molecule has 0 spiro atoms. The molecule has 31 heavy (non-hydrogen) atoms. The van der Waals surface area contributed by atoms with Crippen LogP contribution in [0.5, 0.6) is 0 Å². The van der Waals surface area contributed by atoms with E-state index in [1.807, 2.05) is 19.2 Å². The van der Waals surface area contributed by atoms with E-state index in [1.54, 1.807) is 6.20 Å². The molecular weight excluding hydrogens is 388 g/mol. The Bertz CT molecular complexity index is 1070. The highest BCUT2D eigenvalue weighted by Gasteiger charge is 2.21. The van der Waals surface area contributed by atoms with Crippen molar-refractivity contribution in [3.05, 3.63) is 77.1 Å². The zero-order valence-corrected chi connectivity index (χ0v) is 17.7. The third kappa shape index (κ3) is 4.90. The zero-order valence-electron chi connectivity index (χ0n) is 17.7. The van der Waals surface area contributed by atoms with Crippen molar-refractivity contribution in [1.29, 1.82) is 0 Å². The normalized spacial score (nSPS) is 14.9. The van der Waals surface area contributed by atoms with E-state index in [1.165, 1.54) is 11.1 Å². The van der Waals surface area contributed by atoms with Crippen LogP contribution in [0.4, 0.5) is 5.82 Å². The number of hydrogen-bond acceptors (Lipinski definition) is 6. The Morgan fingerprint density at radius 1 is 1.16 bits per heavy atom. The van der Waals surface area contributed by atoms with E-state index in [-0.39, 0.29) is 17.4 Å². The maximum absolute atomic E-state index is 12.4. The molecule has 0 radical (unpaired) electrons. The number of rotatable bonds is 8. The predicted molar refractivity (Wildman–Crippen MR) is 122 cm³/mol. The van der Waals surface area contributed by atoms with Crippen LogP contribution in [0.25, 0.3) is 11.3 Å². The van der Waals surface area contributed by atoms with Gasteiger partial charge in [-0.05, 0) is 42.6 Å². The van der Waals surface area contributed by atoms with Gasteiger partial charge in [0.2, 0.25) is 0 Å². The number of benzene rings is 2. The summed E-state index contributed by atoms with van der Waals surface area (Å²) in [6, 6.07) is 17.2. The Balaban J connectivity index is 1.47. The number of nitrogen functional groups attached to an aromatic ring is 1. The number of likely N-dealkylation sites (N-methyl/N-ethyl adjacent to an activating group) is 1. The second kappa shape index (κ2) is 9.68. The van der Waals surface area contributed by atoms with E-state index in [9.17, 15) is 4.79 Å². The Morgan fingerprint density at radius 3 is 2.90 bits per heavy atom. The lowest BCUT2D eigenvalue weighted by Crippen LogP contribution is -2.31. The summed E-state index contributed by atoms with van der Waals surface area (Å²) < 4.78 is 0. The standard InChI is InChI=1S/C24H28N6O/c1-26-11-12-27-24(31)22-23(25)29-15-21(30-22)18-7-4-5-16(13-18)14-28-20-10-9-17-6-2-3-8-19(17)20/h2-8,13,15,20,26,28H,9-12,14H2,1H3,(H2,25,29)(H,27,31)/t20-/m0/s1. The molecule has 0 unspecified atom stereocenters. The van der Waals surface area contributed by atoms with Gasteiger partial charge in [-0.25, -0.2) is 9.97 Å². The molecule has 7 heteroatoms. The molecule has 1 heterocycles. The number of fused-ring (bicyclic) bond motifs is 1. The molecule has 7 nitrogen and oxygen atoms in total. The Labute approximate surface area is 182 Å². The number of hydrogen-bond donors (Lipinski definition) is 4. The van der Waals surface area contributed by atoms with Crippen LogP contribution in [0, 0.1) is 0 Å². The molecule has 0 bridgehead atoms. The van der Waals surface area contributed by atoms with Gasteiger partial charge in [0.25, 0.3) is 5.91 Å². The third-order valence-corrected chi connectivity index (χ3v) is 5.58. The van der Waals surface area contributed by atoms with Gasteiger partial charge in [-0.15, -0.1) is 0 Å². The monoisotopic (exact) mass is 416 g/mol. The van der Waals surface area contributed by atoms with Gasteiger partial charge < -0.3 is 21.7 Å². The van der Waals surface area contributed by atoms with Crippen molar-refractivity contribution in [2.75, 3.05) is 25.9 Å². The van der Waals surface area contributed by atoms with Gasteiger partial charge in [-0.2, -0.15) is 0 Å². The molecule has 1 aromatic heterocycles. The first-order valence-electron chi connectivity index (χ1n) is 10.6. The number of aromatic nitrogens is 2. The van der Waals surface area contributed by atoms with E-state index in [2.05, 4.69) is 62.3 Å². The summed E-state index contributed by atoms with van der Waals surface area (Å²) in [5.41, 5.74) is 11.6. The number of carbonyl (C=O) groups is 1. The van der Waals surface area contributed by atoms with Gasteiger partial charge in [0.1, 0.15) is 0 Å². The maximum atomic E-state index is 12.4. The van der Waals surface area contributed by atoms with Crippen molar-refractivity contribution in [3.8, 4) is 11.3 Å². The summed E-state index contributed by atoms with van der Waals surface area (Å²) in [6.45, 7) is 1.91. The van der Waals surface area contributed by atoms with Crippen LogP contribution in [0.3, 0.4) is 0 Å². The highest BCUT2D eigenvalue weighted by atomic mass is 16.1. The molecule has 0 saturated carbocycles. The van der Waals surface area contributed by atoms with Crippen molar-refractivity contribution in [2.24, 2.45) is 0 Å². The van der Waals surface area contributed by atoms with Crippen LogP contribution in [0.15, 0.2) is 54.7 Å². The Hall–Kier alpha value is -3.29. The Morgan fingerprint density at radius 2 is 2.03 bits per heavy atom.